The highest BCUT2D eigenvalue weighted by Gasteiger charge is 2.34. The smallest absolute Gasteiger partial charge is 0.410 e. The minimum atomic E-state index is -0.775. The Morgan fingerprint density at radius 1 is 0.667 bits per heavy atom. The standard InChI is InChI=1S/C24H38B3N3O9/c1-14(2)22(31)34-11-17-6-29(9-20(26)38-17)23(32)36-13-18-7-30(10-21(27)39-18)24(33)35-12-16-5-28(15(3)4)8-19(25)37-16/h14-21H,5-13H2,1-4H3. The minimum absolute atomic E-state index is 0.0283. The van der Waals surface area contributed by atoms with E-state index in [1.165, 1.54) is 9.80 Å². The summed E-state index contributed by atoms with van der Waals surface area (Å²) in [7, 11) is 17.9. The van der Waals surface area contributed by atoms with Gasteiger partial charge in [-0.15, -0.1) is 0 Å². The molecule has 3 heterocycles. The summed E-state index contributed by atoms with van der Waals surface area (Å²) in [4.78, 5) is 42.2. The molecule has 3 fully saturated rings. The van der Waals surface area contributed by atoms with Gasteiger partial charge in [0, 0.05) is 50.2 Å². The average Bonchev–Trinajstić information content (AvgIpc) is 2.87. The van der Waals surface area contributed by atoms with Gasteiger partial charge in [-0.25, -0.2) is 9.59 Å². The van der Waals surface area contributed by atoms with Crippen LogP contribution in [0.4, 0.5) is 9.59 Å². The van der Waals surface area contributed by atoms with Crippen LogP contribution in [-0.2, 0) is 33.2 Å². The second-order valence-electron chi connectivity index (χ2n) is 10.7. The Kier molecular flexibility index (Phi) is 11.8. The highest BCUT2D eigenvalue weighted by atomic mass is 16.6. The molecule has 0 aromatic heterocycles. The first kappa shape index (κ1) is 31.6. The van der Waals surface area contributed by atoms with Crippen molar-refractivity contribution in [3.63, 3.8) is 0 Å². The van der Waals surface area contributed by atoms with Gasteiger partial charge in [0.15, 0.2) is 0 Å². The van der Waals surface area contributed by atoms with Crippen LogP contribution in [0.15, 0.2) is 0 Å². The molecule has 6 unspecified atom stereocenters. The molecule has 3 aliphatic rings. The third-order valence-electron chi connectivity index (χ3n) is 6.52. The van der Waals surface area contributed by atoms with Crippen LogP contribution in [0.25, 0.3) is 0 Å². The molecule has 12 nitrogen and oxygen atoms in total. The molecule has 0 aliphatic carbocycles. The van der Waals surface area contributed by atoms with Crippen molar-refractivity contribution in [2.24, 2.45) is 5.92 Å². The van der Waals surface area contributed by atoms with Crippen molar-refractivity contribution in [2.75, 3.05) is 59.1 Å². The fourth-order valence-electron chi connectivity index (χ4n) is 4.49. The van der Waals surface area contributed by atoms with Crippen molar-refractivity contribution in [3.8, 4) is 0 Å². The van der Waals surface area contributed by atoms with Gasteiger partial charge in [0.25, 0.3) is 0 Å². The summed E-state index contributed by atoms with van der Waals surface area (Å²) in [5.41, 5.74) is 0. The zero-order valence-corrected chi connectivity index (χ0v) is 23.2. The highest BCUT2D eigenvalue weighted by Crippen LogP contribution is 2.17. The second-order valence-corrected chi connectivity index (χ2v) is 10.7. The number of hydrogen-bond acceptors (Lipinski definition) is 10. The zero-order chi connectivity index (χ0) is 28.7. The average molecular weight is 545 g/mol. The van der Waals surface area contributed by atoms with E-state index >= 15 is 0 Å². The molecule has 0 N–H and O–H groups in total. The molecule has 6 atom stereocenters. The zero-order valence-electron chi connectivity index (χ0n) is 23.2. The summed E-state index contributed by atoms with van der Waals surface area (Å²) in [6.45, 7) is 9.18. The number of hydrogen-bond donors (Lipinski definition) is 0. The summed E-state index contributed by atoms with van der Waals surface area (Å²) >= 11 is 0. The van der Waals surface area contributed by atoms with Gasteiger partial charge in [-0.2, -0.15) is 0 Å². The molecule has 212 valence electrons. The summed E-state index contributed by atoms with van der Waals surface area (Å²) in [5.74, 6) is -0.649. The minimum Gasteiger partial charge on any atom is -0.463 e. The van der Waals surface area contributed by atoms with Crippen LogP contribution >= 0.6 is 0 Å². The molecular formula is C24H38B3N3O9. The van der Waals surface area contributed by atoms with Gasteiger partial charge in [-0.05, 0) is 13.8 Å². The van der Waals surface area contributed by atoms with Gasteiger partial charge in [-0.1, -0.05) is 13.8 Å². The lowest BCUT2D eigenvalue weighted by molar-refractivity contribution is -0.154. The van der Waals surface area contributed by atoms with E-state index in [2.05, 4.69) is 18.7 Å². The highest BCUT2D eigenvalue weighted by molar-refractivity contribution is 6.11. The fraction of sp³-hybridized carbons (Fsp3) is 0.875. The van der Waals surface area contributed by atoms with E-state index in [-0.39, 0.29) is 64.0 Å². The molecular weight excluding hydrogens is 507 g/mol. The van der Waals surface area contributed by atoms with E-state index in [0.717, 1.165) is 0 Å². The van der Waals surface area contributed by atoms with Crippen molar-refractivity contribution in [3.05, 3.63) is 0 Å². The van der Waals surface area contributed by atoms with Crippen molar-refractivity contribution < 1.29 is 42.8 Å². The number of carbonyl (C=O) groups excluding carboxylic acids is 3. The number of morpholine rings is 3. The van der Waals surface area contributed by atoms with Crippen LogP contribution in [0.5, 0.6) is 0 Å². The molecule has 0 aromatic rings. The monoisotopic (exact) mass is 545 g/mol. The molecule has 3 saturated heterocycles. The van der Waals surface area contributed by atoms with Gasteiger partial charge in [0.05, 0.1) is 19.0 Å². The molecule has 15 heteroatoms. The Labute approximate surface area is 234 Å². The number of amides is 2. The lowest BCUT2D eigenvalue weighted by Crippen LogP contribution is -2.54. The van der Waals surface area contributed by atoms with E-state index in [1.807, 2.05) is 0 Å². The maximum absolute atomic E-state index is 12.8. The largest absolute Gasteiger partial charge is 0.463 e. The topological polar surface area (TPSA) is 116 Å². The Morgan fingerprint density at radius 3 is 1.51 bits per heavy atom. The van der Waals surface area contributed by atoms with Crippen molar-refractivity contribution in [2.45, 2.75) is 70.1 Å². The Morgan fingerprint density at radius 2 is 1.08 bits per heavy atom. The van der Waals surface area contributed by atoms with Gasteiger partial charge >= 0.3 is 18.2 Å². The van der Waals surface area contributed by atoms with E-state index in [0.29, 0.717) is 19.1 Å². The predicted octanol–water partition coefficient (Wildman–Crippen LogP) is -0.547. The molecule has 3 rings (SSSR count). The Balaban J connectivity index is 1.44. The number of ether oxygens (including phenoxy) is 6. The quantitative estimate of drug-likeness (QED) is 0.224. The summed E-state index contributed by atoms with van der Waals surface area (Å²) in [6, 6.07) is -1.69. The molecule has 3 aliphatic heterocycles. The third-order valence-corrected chi connectivity index (χ3v) is 6.52. The molecule has 0 bridgehead atoms. The third kappa shape index (κ3) is 9.87. The van der Waals surface area contributed by atoms with Crippen molar-refractivity contribution in [1.82, 2.24) is 14.7 Å². The van der Waals surface area contributed by atoms with E-state index in [1.54, 1.807) is 13.8 Å². The maximum atomic E-state index is 12.8. The molecule has 0 spiro atoms. The van der Waals surface area contributed by atoms with E-state index < -0.39 is 42.4 Å². The van der Waals surface area contributed by atoms with Crippen LogP contribution in [0.3, 0.4) is 0 Å². The van der Waals surface area contributed by atoms with Gasteiger partial charge in [0.2, 0.25) is 0 Å². The first-order valence-electron chi connectivity index (χ1n) is 13.4. The molecule has 2 amide bonds. The Hall–Kier alpha value is -1.96. The summed E-state index contributed by atoms with van der Waals surface area (Å²) in [5, 5.41) is 0. The Bertz CT molecular complexity index is 840. The van der Waals surface area contributed by atoms with E-state index in [4.69, 9.17) is 52.0 Å². The normalized spacial score (nSPS) is 30.3. The number of rotatable bonds is 8. The van der Waals surface area contributed by atoms with Crippen LogP contribution < -0.4 is 0 Å². The van der Waals surface area contributed by atoms with Crippen molar-refractivity contribution >= 4 is 41.7 Å². The van der Waals surface area contributed by atoms with Crippen LogP contribution in [0.2, 0.25) is 0 Å². The van der Waals surface area contributed by atoms with Crippen LogP contribution in [-0.4, -0.2) is 158 Å². The second kappa shape index (κ2) is 14.6. The first-order valence-corrected chi connectivity index (χ1v) is 13.4. The van der Waals surface area contributed by atoms with Gasteiger partial charge in [-0.3, -0.25) is 9.69 Å². The molecule has 6 radical (unpaired) electrons. The molecule has 0 saturated carbocycles. The van der Waals surface area contributed by atoms with Crippen LogP contribution in [0.1, 0.15) is 27.7 Å². The van der Waals surface area contributed by atoms with Gasteiger partial charge in [0.1, 0.15) is 61.7 Å². The first-order chi connectivity index (χ1) is 18.4. The molecule has 39 heavy (non-hydrogen) atoms. The predicted molar refractivity (Wildman–Crippen MR) is 142 cm³/mol. The van der Waals surface area contributed by atoms with Gasteiger partial charge < -0.3 is 38.2 Å². The SMILES string of the molecule is [B]C1CN(C(=O)OCC2CN(C(=O)OCC3CN(C(C)C)CC([B])O3)CC([B])O2)CC(COC(=O)C(C)C)O1. The van der Waals surface area contributed by atoms with E-state index in [9.17, 15) is 14.4 Å². The van der Waals surface area contributed by atoms with Crippen LogP contribution in [0, 0.1) is 5.92 Å². The lowest BCUT2D eigenvalue weighted by atomic mass is 9.96. The molecule has 0 aromatic carbocycles. The van der Waals surface area contributed by atoms with Crippen molar-refractivity contribution in [1.29, 1.82) is 0 Å². The lowest BCUT2D eigenvalue weighted by Gasteiger charge is -2.40. The summed E-state index contributed by atoms with van der Waals surface area (Å²) in [6.07, 6.45) is -2.78. The number of nitrogens with zero attached hydrogens (tertiary/aromatic N) is 3. The number of carbonyl (C=O) groups is 3. The fourth-order valence-corrected chi connectivity index (χ4v) is 4.49. The number of esters is 1. The maximum Gasteiger partial charge on any atom is 0.410 e. The summed E-state index contributed by atoms with van der Waals surface area (Å²) < 4.78 is 33.1.